The van der Waals surface area contributed by atoms with Crippen molar-refractivity contribution in [2.24, 2.45) is 0 Å². The van der Waals surface area contributed by atoms with E-state index >= 15 is 0 Å². The molecule has 0 atom stereocenters. The number of thiazole rings is 1. The molecule has 1 aliphatic heterocycles. The van der Waals surface area contributed by atoms with Crippen LogP contribution < -0.4 is 4.90 Å². The van der Waals surface area contributed by atoms with Crippen LogP contribution in [0.2, 0.25) is 5.15 Å². The summed E-state index contributed by atoms with van der Waals surface area (Å²) in [6, 6.07) is 3.82. The van der Waals surface area contributed by atoms with E-state index in [9.17, 15) is 0 Å². The Kier molecular flexibility index (Phi) is 2.69. The molecular weight excluding hydrogens is 242 g/mol. The quantitative estimate of drug-likeness (QED) is 0.730. The molecular formula is C11H12ClN3S. The van der Waals surface area contributed by atoms with Crippen molar-refractivity contribution >= 4 is 38.4 Å². The Morgan fingerprint density at radius 1 is 1.12 bits per heavy atom. The van der Waals surface area contributed by atoms with Crippen LogP contribution >= 0.6 is 22.9 Å². The van der Waals surface area contributed by atoms with Crippen LogP contribution in [0.3, 0.4) is 0 Å². The van der Waals surface area contributed by atoms with Gasteiger partial charge in [-0.25, -0.2) is 4.98 Å². The van der Waals surface area contributed by atoms with Gasteiger partial charge in [0.25, 0.3) is 0 Å². The summed E-state index contributed by atoms with van der Waals surface area (Å²) in [5.41, 5.74) is 0.776. The maximum absolute atomic E-state index is 5.85. The van der Waals surface area contributed by atoms with Gasteiger partial charge in [-0.3, -0.25) is 0 Å². The van der Waals surface area contributed by atoms with E-state index in [0.717, 1.165) is 28.6 Å². The molecule has 0 aromatic carbocycles. The summed E-state index contributed by atoms with van der Waals surface area (Å²) in [4.78, 5) is 11.1. The molecule has 5 heteroatoms. The number of fused-ring (bicyclic) bond motifs is 1. The largest absolute Gasteiger partial charge is 0.348 e. The predicted octanol–water partition coefficient (Wildman–Crippen LogP) is 3.34. The van der Waals surface area contributed by atoms with Crippen LogP contribution in [-0.4, -0.2) is 23.1 Å². The summed E-state index contributed by atoms with van der Waals surface area (Å²) < 4.78 is 1.12. The molecule has 2 aromatic rings. The summed E-state index contributed by atoms with van der Waals surface area (Å²) in [6.07, 6.45) is 3.87. The lowest BCUT2D eigenvalue weighted by Crippen LogP contribution is -2.29. The monoisotopic (exact) mass is 253 g/mol. The summed E-state index contributed by atoms with van der Waals surface area (Å²) in [5.74, 6) is 0. The molecule has 3 nitrogen and oxygen atoms in total. The van der Waals surface area contributed by atoms with E-state index in [1.807, 2.05) is 12.1 Å². The fourth-order valence-corrected chi connectivity index (χ4v) is 3.11. The average Bonchev–Trinajstić information content (AvgIpc) is 2.73. The molecule has 0 N–H and O–H groups in total. The van der Waals surface area contributed by atoms with E-state index in [2.05, 4.69) is 14.9 Å². The van der Waals surface area contributed by atoms with Crippen molar-refractivity contribution in [3.63, 3.8) is 0 Å². The third kappa shape index (κ3) is 1.87. The summed E-state index contributed by atoms with van der Waals surface area (Å²) in [7, 11) is 0. The lowest BCUT2D eigenvalue weighted by Gasteiger charge is -2.25. The first-order chi connectivity index (χ1) is 7.83. The van der Waals surface area contributed by atoms with Gasteiger partial charge < -0.3 is 4.90 Å². The standard InChI is InChI=1S/C11H12ClN3S/c12-9-5-4-8-10(13-9)14-11(16-8)15-6-2-1-3-7-15/h4-5H,1-3,6-7H2. The van der Waals surface area contributed by atoms with Crippen LogP contribution in [0.15, 0.2) is 12.1 Å². The number of rotatable bonds is 1. The number of hydrogen-bond acceptors (Lipinski definition) is 4. The van der Waals surface area contributed by atoms with E-state index in [-0.39, 0.29) is 0 Å². The lowest BCUT2D eigenvalue weighted by molar-refractivity contribution is 0.577. The highest BCUT2D eigenvalue weighted by Crippen LogP contribution is 2.30. The Balaban J connectivity index is 1.97. The minimum absolute atomic E-state index is 0.517. The Hall–Kier alpha value is -0.870. The van der Waals surface area contributed by atoms with Crippen LogP contribution in [0.25, 0.3) is 10.3 Å². The molecule has 0 bridgehead atoms. The molecule has 3 heterocycles. The van der Waals surface area contributed by atoms with Crippen molar-refractivity contribution in [2.45, 2.75) is 19.3 Å². The normalized spacial score (nSPS) is 16.9. The number of piperidine rings is 1. The molecule has 3 rings (SSSR count). The molecule has 0 radical (unpaired) electrons. The molecule has 0 spiro atoms. The molecule has 1 fully saturated rings. The van der Waals surface area contributed by atoms with Crippen LogP contribution in [0.4, 0.5) is 5.13 Å². The number of halogens is 1. The topological polar surface area (TPSA) is 29.0 Å². The second-order valence-corrected chi connectivity index (χ2v) is 5.40. The van der Waals surface area contributed by atoms with Gasteiger partial charge in [-0.1, -0.05) is 22.9 Å². The second-order valence-electron chi connectivity index (χ2n) is 4.00. The second kappa shape index (κ2) is 4.18. The molecule has 84 valence electrons. The molecule has 0 amide bonds. The minimum atomic E-state index is 0.517. The molecule has 16 heavy (non-hydrogen) atoms. The van der Waals surface area contributed by atoms with Crippen molar-refractivity contribution < 1.29 is 0 Å². The van der Waals surface area contributed by atoms with E-state index in [1.54, 1.807) is 11.3 Å². The summed E-state index contributed by atoms with van der Waals surface area (Å²) in [5, 5.41) is 1.60. The average molecular weight is 254 g/mol. The Bertz CT molecular complexity index is 505. The van der Waals surface area contributed by atoms with Gasteiger partial charge in [0.2, 0.25) is 0 Å². The van der Waals surface area contributed by atoms with Gasteiger partial charge >= 0.3 is 0 Å². The van der Waals surface area contributed by atoms with Gasteiger partial charge in [0.15, 0.2) is 10.8 Å². The highest BCUT2D eigenvalue weighted by atomic mass is 35.5. The maximum atomic E-state index is 5.85. The molecule has 0 aliphatic carbocycles. The van der Waals surface area contributed by atoms with E-state index < -0.39 is 0 Å². The Morgan fingerprint density at radius 3 is 2.75 bits per heavy atom. The zero-order valence-electron chi connectivity index (χ0n) is 8.82. The molecule has 2 aromatic heterocycles. The van der Waals surface area contributed by atoms with Gasteiger partial charge in [0.05, 0.1) is 4.70 Å². The number of anilines is 1. The number of pyridine rings is 1. The lowest BCUT2D eigenvalue weighted by atomic mass is 10.1. The highest BCUT2D eigenvalue weighted by Gasteiger charge is 2.15. The number of aromatic nitrogens is 2. The smallest absolute Gasteiger partial charge is 0.188 e. The fraction of sp³-hybridized carbons (Fsp3) is 0.455. The van der Waals surface area contributed by atoms with Gasteiger partial charge in [0.1, 0.15) is 5.15 Å². The maximum Gasteiger partial charge on any atom is 0.188 e. The van der Waals surface area contributed by atoms with E-state index in [1.165, 1.54) is 19.3 Å². The van der Waals surface area contributed by atoms with Crippen LogP contribution in [0.5, 0.6) is 0 Å². The fourth-order valence-electron chi connectivity index (χ4n) is 2.00. The van der Waals surface area contributed by atoms with Crippen molar-refractivity contribution in [1.82, 2.24) is 9.97 Å². The van der Waals surface area contributed by atoms with Crippen LogP contribution in [0.1, 0.15) is 19.3 Å². The van der Waals surface area contributed by atoms with Gasteiger partial charge in [-0.05, 0) is 31.4 Å². The van der Waals surface area contributed by atoms with Crippen LogP contribution in [0, 0.1) is 0 Å². The summed E-state index contributed by atoms with van der Waals surface area (Å²) in [6.45, 7) is 2.24. The first-order valence-electron chi connectivity index (χ1n) is 5.51. The predicted molar refractivity (Wildman–Crippen MR) is 68.5 cm³/mol. The van der Waals surface area contributed by atoms with Crippen molar-refractivity contribution in [3.8, 4) is 0 Å². The van der Waals surface area contributed by atoms with Crippen molar-refractivity contribution in [1.29, 1.82) is 0 Å². The summed E-state index contributed by atoms with van der Waals surface area (Å²) >= 11 is 7.56. The zero-order chi connectivity index (χ0) is 11.0. The number of nitrogens with zero attached hydrogens (tertiary/aromatic N) is 3. The third-order valence-electron chi connectivity index (χ3n) is 2.83. The third-order valence-corrected chi connectivity index (χ3v) is 4.12. The molecule has 1 saturated heterocycles. The minimum Gasteiger partial charge on any atom is -0.348 e. The SMILES string of the molecule is Clc1ccc2sc(N3CCCCC3)nc2n1. The molecule has 1 aliphatic rings. The van der Waals surface area contributed by atoms with E-state index in [0.29, 0.717) is 5.15 Å². The zero-order valence-corrected chi connectivity index (χ0v) is 10.4. The van der Waals surface area contributed by atoms with Crippen LogP contribution in [-0.2, 0) is 0 Å². The Labute approximate surface area is 103 Å². The molecule has 0 saturated carbocycles. The Morgan fingerprint density at radius 2 is 1.94 bits per heavy atom. The first kappa shape index (κ1) is 10.3. The number of hydrogen-bond donors (Lipinski definition) is 0. The highest BCUT2D eigenvalue weighted by molar-refractivity contribution is 7.22. The van der Waals surface area contributed by atoms with Crippen molar-refractivity contribution in [2.75, 3.05) is 18.0 Å². The van der Waals surface area contributed by atoms with Gasteiger partial charge in [-0.15, -0.1) is 0 Å². The molecule has 0 unspecified atom stereocenters. The first-order valence-corrected chi connectivity index (χ1v) is 6.70. The van der Waals surface area contributed by atoms with Gasteiger partial charge in [-0.2, -0.15) is 4.98 Å². The van der Waals surface area contributed by atoms with E-state index in [4.69, 9.17) is 11.6 Å². The van der Waals surface area contributed by atoms with Crippen molar-refractivity contribution in [3.05, 3.63) is 17.3 Å². The van der Waals surface area contributed by atoms with Gasteiger partial charge in [0, 0.05) is 13.1 Å².